The molecule has 2 radical (unpaired) electrons. The molecule has 0 saturated heterocycles. The van der Waals surface area contributed by atoms with Gasteiger partial charge in [-0.3, -0.25) is 0 Å². The molecule has 0 heterocycles. The Labute approximate surface area is 126 Å². The van der Waals surface area contributed by atoms with Gasteiger partial charge < -0.3 is 0 Å². The van der Waals surface area contributed by atoms with E-state index in [4.69, 9.17) is 0 Å². The molecule has 0 aliphatic heterocycles. The van der Waals surface area contributed by atoms with E-state index in [2.05, 4.69) is 62.4 Å². The van der Waals surface area contributed by atoms with Gasteiger partial charge in [-0.2, -0.15) is 0 Å². The molecule has 2 aromatic rings. The molecule has 2 aromatic carbocycles. The molecule has 3 heteroatoms. The summed E-state index contributed by atoms with van der Waals surface area (Å²) < 4.78 is 3.12. The molecule has 17 heavy (non-hydrogen) atoms. The summed E-state index contributed by atoms with van der Waals surface area (Å²) in [4.78, 5) is 0. The number of hydrogen-bond donors (Lipinski definition) is 0. The molecule has 0 atom stereocenters. The predicted octanol–water partition coefficient (Wildman–Crippen LogP) is 2.80. The van der Waals surface area contributed by atoms with Crippen LogP contribution in [0.25, 0.3) is 0 Å². The van der Waals surface area contributed by atoms with Gasteiger partial charge in [-0.25, -0.2) is 0 Å². The van der Waals surface area contributed by atoms with E-state index < -0.39 is 21.1 Å². The first kappa shape index (κ1) is 16.8. The Kier molecular flexibility index (Phi) is 7.93. The summed E-state index contributed by atoms with van der Waals surface area (Å²) >= 11 is -0.570. The fourth-order valence-electron chi connectivity index (χ4n) is 1.61. The van der Waals surface area contributed by atoms with E-state index >= 15 is 0 Å². The van der Waals surface area contributed by atoms with Gasteiger partial charge in [0.2, 0.25) is 0 Å². The van der Waals surface area contributed by atoms with Crippen molar-refractivity contribution in [3.63, 3.8) is 0 Å². The van der Waals surface area contributed by atoms with Gasteiger partial charge in [-0.05, 0) is 0 Å². The molecule has 0 bridgehead atoms. The number of rotatable bonds is 2. The average Bonchev–Trinajstić information content (AvgIpc) is 2.17. The minimum absolute atomic E-state index is 0. The minimum Gasteiger partial charge on any atom is -0.147 e. The van der Waals surface area contributed by atoms with Crippen molar-refractivity contribution in [2.75, 3.05) is 0 Å². The molecule has 0 amide bonds. The van der Waals surface area contributed by atoms with Crippen molar-refractivity contribution in [3.8, 4) is 0 Å². The van der Waals surface area contributed by atoms with Gasteiger partial charge in [0.25, 0.3) is 0 Å². The van der Waals surface area contributed by atoms with Gasteiger partial charge in [-0.15, -0.1) is 24.8 Å². The van der Waals surface area contributed by atoms with Crippen molar-refractivity contribution in [1.29, 1.82) is 0 Å². The zero-order valence-electron chi connectivity index (χ0n) is 9.94. The van der Waals surface area contributed by atoms with Crippen LogP contribution in [0.5, 0.6) is 0 Å². The molecule has 2 rings (SSSR count). The third kappa shape index (κ3) is 5.32. The Morgan fingerprint density at radius 3 is 1.47 bits per heavy atom. The first-order valence-electron chi connectivity index (χ1n) is 5.14. The maximum absolute atomic E-state index is 2.33. The second kappa shape index (κ2) is 8.01. The van der Waals surface area contributed by atoms with E-state index in [1.807, 2.05) is 0 Å². The van der Waals surface area contributed by atoms with E-state index in [0.29, 0.717) is 0 Å². The van der Waals surface area contributed by atoms with Crippen LogP contribution in [0.1, 0.15) is 11.1 Å². The molecule has 90 valence electrons. The van der Waals surface area contributed by atoms with Crippen molar-refractivity contribution >= 4 is 53.1 Å². The Bertz CT molecular complexity index is 426. The van der Waals surface area contributed by atoms with E-state index in [-0.39, 0.29) is 24.8 Å². The van der Waals surface area contributed by atoms with Crippen molar-refractivity contribution in [1.82, 2.24) is 0 Å². The standard InChI is InChI=1S/2C7H7.2ClH.Sn/c2*1-7-5-3-2-4-6-7;;;/h2*2-3,5-6H,1H3;2*1H;. The molecule has 0 aromatic heterocycles. The molecule has 0 aliphatic rings. The second-order valence-electron chi connectivity index (χ2n) is 3.86. The number of halogens is 2. The summed E-state index contributed by atoms with van der Waals surface area (Å²) in [5.41, 5.74) is 2.75. The van der Waals surface area contributed by atoms with Crippen molar-refractivity contribution < 1.29 is 0 Å². The zero-order valence-corrected chi connectivity index (χ0v) is 14.4. The molecular weight excluding hydrogens is 358 g/mol. The van der Waals surface area contributed by atoms with Crippen LogP contribution < -0.4 is 7.16 Å². The van der Waals surface area contributed by atoms with Crippen LogP contribution >= 0.6 is 24.8 Å². The van der Waals surface area contributed by atoms with Gasteiger partial charge in [-0.1, -0.05) is 0 Å². The van der Waals surface area contributed by atoms with Crippen LogP contribution in [0, 0.1) is 13.8 Å². The Balaban J connectivity index is 0.00000128. The maximum atomic E-state index is 2.33. The molecule has 0 saturated carbocycles. The maximum Gasteiger partial charge on any atom is -0.147 e. The smallest absolute Gasteiger partial charge is 0.147 e. The van der Waals surface area contributed by atoms with Crippen LogP contribution in [-0.4, -0.2) is 21.1 Å². The zero-order chi connectivity index (χ0) is 10.7. The summed E-state index contributed by atoms with van der Waals surface area (Å²) in [6, 6.07) is 17.9. The van der Waals surface area contributed by atoms with Crippen LogP contribution in [-0.2, 0) is 0 Å². The molecule has 0 N–H and O–H groups in total. The molecule has 0 unspecified atom stereocenters. The summed E-state index contributed by atoms with van der Waals surface area (Å²) in [7, 11) is 0. The minimum atomic E-state index is -0.570. The number of hydrogen-bond acceptors (Lipinski definition) is 0. The predicted molar refractivity (Wildman–Crippen MR) is 81.9 cm³/mol. The van der Waals surface area contributed by atoms with Crippen LogP contribution in [0.3, 0.4) is 0 Å². The molecule has 0 nitrogen and oxygen atoms in total. The van der Waals surface area contributed by atoms with Crippen molar-refractivity contribution in [3.05, 3.63) is 59.7 Å². The first-order valence-corrected chi connectivity index (χ1v) is 8.00. The van der Waals surface area contributed by atoms with Crippen molar-refractivity contribution in [2.45, 2.75) is 13.8 Å². The Hall–Kier alpha value is -0.181. The van der Waals surface area contributed by atoms with Gasteiger partial charge in [0.05, 0.1) is 0 Å². The summed E-state index contributed by atoms with van der Waals surface area (Å²) in [5, 5.41) is 0. The summed E-state index contributed by atoms with van der Waals surface area (Å²) in [5.74, 6) is 0. The first-order chi connectivity index (χ1) is 7.24. The van der Waals surface area contributed by atoms with Crippen LogP contribution in [0.4, 0.5) is 0 Å². The van der Waals surface area contributed by atoms with E-state index in [9.17, 15) is 0 Å². The molecular formula is C14H16Cl2Sn. The Morgan fingerprint density at radius 2 is 1.12 bits per heavy atom. The van der Waals surface area contributed by atoms with Crippen molar-refractivity contribution in [2.24, 2.45) is 0 Å². The molecule has 0 fully saturated rings. The largest absolute Gasteiger partial charge is 0.147 e. The average molecular weight is 374 g/mol. The topological polar surface area (TPSA) is 0 Å². The fraction of sp³-hybridized carbons (Fsp3) is 0.143. The third-order valence-corrected chi connectivity index (χ3v) is 5.75. The number of aryl methyl sites for hydroxylation is 2. The van der Waals surface area contributed by atoms with Crippen LogP contribution in [0.2, 0.25) is 0 Å². The molecule has 0 spiro atoms. The summed E-state index contributed by atoms with van der Waals surface area (Å²) in [6.45, 7) is 4.33. The normalized spacial score (nSPS) is 9.06. The Morgan fingerprint density at radius 1 is 0.706 bits per heavy atom. The van der Waals surface area contributed by atoms with Gasteiger partial charge >= 0.3 is 102 Å². The second-order valence-corrected chi connectivity index (χ2v) is 7.87. The van der Waals surface area contributed by atoms with E-state index in [1.165, 1.54) is 11.1 Å². The fourth-order valence-corrected chi connectivity index (χ4v) is 5.30. The van der Waals surface area contributed by atoms with Crippen LogP contribution in [0.15, 0.2) is 48.5 Å². The quantitative estimate of drug-likeness (QED) is 0.710. The number of benzene rings is 2. The van der Waals surface area contributed by atoms with Gasteiger partial charge in [0, 0.05) is 0 Å². The van der Waals surface area contributed by atoms with Gasteiger partial charge in [0.1, 0.15) is 0 Å². The SMILES string of the molecule is Cc1ccc[c]([Sn][c]2cccc(C)c2)c1.Cl.Cl. The monoisotopic (exact) mass is 374 g/mol. The van der Waals surface area contributed by atoms with E-state index in [0.717, 1.165) is 0 Å². The van der Waals surface area contributed by atoms with Gasteiger partial charge in [0.15, 0.2) is 0 Å². The van der Waals surface area contributed by atoms with E-state index in [1.54, 1.807) is 7.16 Å². The third-order valence-electron chi connectivity index (χ3n) is 2.32. The molecule has 0 aliphatic carbocycles. The summed E-state index contributed by atoms with van der Waals surface area (Å²) in [6.07, 6.45) is 0.